The molecule has 0 heterocycles. The zero-order valence-electron chi connectivity index (χ0n) is 15.7. The predicted octanol–water partition coefficient (Wildman–Crippen LogP) is 7.95. The lowest BCUT2D eigenvalue weighted by Crippen LogP contribution is -2.11. The van der Waals surface area contributed by atoms with Gasteiger partial charge in [-0.2, -0.15) is 0 Å². The molecular weight excluding hydrogens is 707 g/mol. The fraction of sp³-hybridized carbons (Fsp3) is 0.143. The number of hydrogen-bond acceptors (Lipinski definition) is 7. The highest BCUT2D eigenvalue weighted by Gasteiger charge is 2.69. The van der Waals surface area contributed by atoms with Crippen LogP contribution >= 0.6 is 58.0 Å². The molecule has 0 saturated heterocycles. The van der Waals surface area contributed by atoms with Gasteiger partial charge in [0.05, 0.1) is 18.8 Å². The minimum Gasteiger partial charge on any atom is -0.452 e. The Balaban J connectivity index is 2.97. The summed E-state index contributed by atoms with van der Waals surface area (Å²) in [5.74, 6) is -1.55. The molecule has 0 aliphatic rings. The van der Waals surface area contributed by atoms with Crippen molar-refractivity contribution in [1.29, 1.82) is 0 Å². The van der Waals surface area contributed by atoms with Crippen molar-refractivity contribution in [3.05, 3.63) is 51.3 Å². The van der Waals surface area contributed by atoms with Crippen LogP contribution in [0.25, 0.3) is 0 Å². The lowest BCUT2D eigenvalue weighted by atomic mass is 10.2. The van der Waals surface area contributed by atoms with Gasteiger partial charge in [0.1, 0.15) is 9.37 Å². The Bertz CT molecular complexity index is 1350. The van der Waals surface area contributed by atoms with Crippen LogP contribution in [0.2, 0.25) is 0 Å². The van der Waals surface area contributed by atoms with E-state index in [-0.39, 0.29) is 16.1 Å². The predicted molar refractivity (Wildman–Crippen MR) is 119 cm³/mol. The van der Waals surface area contributed by atoms with E-state index in [1.54, 1.807) is 0 Å². The van der Waals surface area contributed by atoms with Crippen LogP contribution in [0.5, 0.6) is 11.5 Å². The molecule has 19 heteroatoms. The molecule has 0 aliphatic heterocycles. The molecule has 33 heavy (non-hydrogen) atoms. The second-order valence-corrected chi connectivity index (χ2v) is 13.2. The number of nitro groups is 2. The Morgan fingerprint density at radius 1 is 0.939 bits per heavy atom. The molecule has 9 nitrogen and oxygen atoms in total. The summed E-state index contributed by atoms with van der Waals surface area (Å²) in [7, 11) is -14.8. The highest BCUT2D eigenvalue weighted by atomic mass is 79.9. The Hall–Kier alpha value is -1.57. The number of benzene rings is 2. The van der Waals surface area contributed by atoms with Crippen LogP contribution in [0.3, 0.4) is 0 Å². The summed E-state index contributed by atoms with van der Waals surface area (Å²) < 4.78 is 94.4. The molecule has 0 spiro atoms. The lowest BCUT2D eigenvalue weighted by molar-refractivity contribution is -0.389. The Kier molecular flexibility index (Phi) is 6.47. The van der Waals surface area contributed by atoms with Crippen molar-refractivity contribution in [1.82, 2.24) is 0 Å². The van der Waals surface area contributed by atoms with Gasteiger partial charge in [0.15, 0.2) is 26.2 Å². The summed E-state index contributed by atoms with van der Waals surface area (Å²) in [6.07, 6.45) is 0.643. The van der Waals surface area contributed by atoms with E-state index in [2.05, 4.69) is 47.8 Å². The van der Waals surface area contributed by atoms with Crippen LogP contribution in [0, 0.1) is 27.2 Å². The van der Waals surface area contributed by atoms with Gasteiger partial charge in [0, 0.05) is 17.9 Å². The third-order valence-corrected chi connectivity index (χ3v) is 8.44. The van der Waals surface area contributed by atoms with Gasteiger partial charge in [-0.3, -0.25) is 20.2 Å². The number of ether oxygens (including phenoxy) is 1. The van der Waals surface area contributed by atoms with E-state index in [0.29, 0.717) is 12.3 Å². The highest BCUT2D eigenvalue weighted by Crippen LogP contribution is 3.03. The molecule has 2 rings (SSSR count). The van der Waals surface area contributed by atoms with E-state index < -0.39 is 71.5 Å². The summed E-state index contributed by atoms with van der Waals surface area (Å²) in [4.78, 5) is 16.2. The first-order valence-electron chi connectivity index (χ1n) is 7.73. The molecule has 2 aromatic carbocycles. The third-order valence-electron chi connectivity index (χ3n) is 3.92. The van der Waals surface area contributed by atoms with E-state index >= 15 is 0 Å². The van der Waals surface area contributed by atoms with Crippen LogP contribution in [-0.4, -0.2) is 24.5 Å². The van der Waals surface area contributed by atoms with Crippen molar-refractivity contribution in [3.63, 3.8) is 0 Å². The molecule has 0 atom stereocenters. The second-order valence-electron chi connectivity index (χ2n) is 6.37. The average Bonchev–Trinajstić information content (AvgIpc) is 2.57. The summed E-state index contributed by atoms with van der Waals surface area (Å²) >= 11 is 7.93. The molecule has 0 bridgehead atoms. The van der Waals surface area contributed by atoms with Gasteiger partial charge in [-0.05, 0) is 60.8 Å². The van der Waals surface area contributed by atoms with Gasteiger partial charge >= 0.3 is 15.9 Å². The molecule has 0 unspecified atom stereocenters. The van der Waals surface area contributed by atoms with Crippen molar-refractivity contribution in [2.24, 2.45) is 0 Å². The normalized spacial score (nSPS) is 14.4. The van der Waals surface area contributed by atoms with E-state index in [1.807, 2.05) is 0 Å². The number of nitrogens with zero attached hydrogens (tertiary/aromatic N) is 2. The summed E-state index contributed by atoms with van der Waals surface area (Å²) in [6.45, 7) is 1.19. The van der Waals surface area contributed by atoms with Gasteiger partial charge in [-0.25, -0.2) is 8.42 Å². The van der Waals surface area contributed by atoms with E-state index in [0.717, 1.165) is 0 Å². The first-order valence-corrected chi connectivity index (χ1v) is 14.0. The van der Waals surface area contributed by atoms with E-state index in [4.69, 9.17) is 4.74 Å². The third kappa shape index (κ3) is 5.57. The molecule has 0 fully saturated rings. The Morgan fingerprint density at radius 2 is 1.45 bits per heavy atom. The number of hydrogen-bond donors (Lipinski definition) is 0. The van der Waals surface area contributed by atoms with Crippen LogP contribution in [0.1, 0.15) is 5.56 Å². The molecule has 0 amide bonds. The summed E-state index contributed by atoms with van der Waals surface area (Å²) in [6, 6.07) is 0.343. The average molecular weight is 715 g/mol. The first kappa shape index (κ1) is 27.7. The van der Waals surface area contributed by atoms with Crippen LogP contribution in [0.4, 0.5) is 30.8 Å². The van der Waals surface area contributed by atoms with E-state index in [1.165, 1.54) is 6.92 Å². The van der Waals surface area contributed by atoms with Gasteiger partial charge < -0.3 is 4.74 Å². The maximum absolute atomic E-state index is 13.4. The van der Waals surface area contributed by atoms with Crippen molar-refractivity contribution >= 4 is 79.2 Å². The van der Waals surface area contributed by atoms with Gasteiger partial charge in [-0.1, -0.05) is 19.4 Å². The molecule has 0 N–H and O–H groups in total. The van der Waals surface area contributed by atoms with Gasteiger partial charge in [0.25, 0.3) is 5.69 Å². The fourth-order valence-corrected chi connectivity index (χ4v) is 6.51. The van der Waals surface area contributed by atoms with Crippen LogP contribution < -0.4 is 4.74 Å². The smallest absolute Gasteiger partial charge is 0.316 e. The quantitative estimate of drug-likeness (QED) is 0.169. The molecule has 0 aliphatic carbocycles. The molecule has 0 saturated carbocycles. The topological polar surface area (TPSA) is 130 Å². The number of sulfone groups is 1. The van der Waals surface area contributed by atoms with Crippen LogP contribution in [0.15, 0.2) is 35.3 Å². The minimum atomic E-state index is -10.6. The standard InChI is InChI=1S/C14H8Br3F5N2O7S2/c1-5-7(23(25)26)4-8(32(2,29)30)14(10(5)16)31-13-6(15)3-9(33(18,19,20,21)22)12(11(13)17)24(27)28/h3-4H,1-2H3. The molecule has 184 valence electrons. The molecule has 2 aromatic rings. The summed E-state index contributed by atoms with van der Waals surface area (Å²) in [5, 5.41) is 22.5. The monoisotopic (exact) mass is 712 g/mol. The summed E-state index contributed by atoms with van der Waals surface area (Å²) in [5.41, 5.74) is -2.90. The van der Waals surface area contributed by atoms with Crippen LogP contribution in [-0.2, 0) is 9.84 Å². The van der Waals surface area contributed by atoms with Crippen molar-refractivity contribution in [3.8, 4) is 11.5 Å². The van der Waals surface area contributed by atoms with Crippen molar-refractivity contribution in [2.45, 2.75) is 16.7 Å². The molecule has 0 radical (unpaired) electrons. The Labute approximate surface area is 206 Å². The second kappa shape index (κ2) is 7.72. The fourth-order valence-electron chi connectivity index (χ4n) is 2.48. The molecular formula is C14H8Br3F5N2O7S2. The SMILES string of the molecule is Cc1c([N+](=O)[O-])cc(S(C)(=O)=O)c(Oc2c(Br)cc(S(F)(F)(F)(F)F)c([N+](=O)[O-])c2Br)c1Br. The zero-order valence-corrected chi connectivity index (χ0v) is 22.1. The molecule has 0 aromatic heterocycles. The van der Waals surface area contributed by atoms with Gasteiger partial charge in [-0.15, -0.1) is 0 Å². The maximum Gasteiger partial charge on any atom is 0.316 e. The lowest BCUT2D eigenvalue weighted by Gasteiger charge is -2.40. The van der Waals surface area contributed by atoms with Gasteiger partial charge in [0.2, 0.25) is 0 Å². The number of halogens is 8. The number of rotatable bonds is 6. The van der Waals surface area contributed by atoms with Crippen molar-refractivity contribution in [2.75, 3.05) is 6.26 Å². The van der Waals surface area contributed by atoms with E-state index in [9.17, 15) is 48.1 Å². The number of nitro benzene ring substituents is 2. The Morgan fingerprint density at radius 3 is 1.85 bits per heavy atom. The van der Waals surface area contributed by atoms with Crippen molar-refractivity contribution < 1.29 is 42.4 Å². The highest BCUT2D eigenvalue weighted by molar-refractivity contribution is 9.11. The maximum atomic E-state index is 13.4. The minimum absolute atomic E-state index is 0.159. The zero-order chi connectivity index (χ0) is 26.0. The largest absolute Gasteiger partial charge is 0.452 e. The first-order chi connectivity index (χ1) is 14.5.